The average Bonchev–Trinajstić information content (AvgIpc) is 3.48. The first-order chi connectivity index (χ1) is 22.6. The van der Waals surface area contributed by atoms with E-state index in [2.05, 4.69) is 57.8 Å². The zero-order chi connectivity index (χ0) is 31.5. The number of aromatic nitrogens is 2. The van der Waals surface area contributed by atoms with Crippen molar-refractivity contribution in [2.45, 2.75) is 18.4 Å². The van der Waals surface area contributed by atoms with Crippen LogP contribution in [0.25, 0.3) is 22.0 Å². The Labute approximate surface area is 273 Å². The van der Waals surface area contributed by atoms with Crippen LogP contribution in [0.2, 0.25) is 5.02 Å². The monoisotopic (exact) mass is 621 g/mol. The van der Waals surface area contributed by atoms with Gasteiger partial charge in [0.15, 0.2) is 5.82 Å². The van der Waals surface area contributed by atoms with Crippen LogP contribution in [0.4, 0.5) is 5.82 Å². The van der Waals surface area contributed by atoms with E-state index in [4.69, 9.17) is 16.7 Å². The van der Waals surface area contributed by atoms with Gasteiger partial charge in [-0.05, 0) is 78.5 Å². The van der Waals surface area contributed by atoms with Crippen molar-refractivity contribution in [1.82, 2.24) is 15.1 Å². The number of benzene rings is 5. The van der Waals surface area contributed by atoms with Gasteiger partial charge >= 0.3 is 0 Å². The summed E-state index contributed by atoms with van der Waals surface area (Å²) < 4.78 is 2.05. The van der Waals surface area contributed by atoms with Crippen molar-refractivity contribution in [1.29, 1.82) is 5.26 Å². The maximum absolute atomic E-state index is 13.7. The highest BCUT2D eigenvalue weighted by molar-refractivity contribution is 6.33. The van der Waals surface area contributed by atoms with Crippen LogP contribution in [0.5, 0.6) is 0 Å². The highest BCUT2D eigenvalue weighted by Gasteiger charge is 2.41. The van der Waals surface area contributed by atoms with Gasteiger partial charge in [-0.3, -0.25) is 4.79 Å². The number of nitrogens with one attached hydrogen (secondary N) is 2. The minimum absolute atomic E-state index is 0.0345. The lowest BCUT2D eigenvalue weighted by molar-refractivity contribution is -0.120. The standard InChI is InChI=1S/C39H32ClN5O/c40-35-18-16-27(26-41)24-33(35)29-17-19-36-34(25-29)37(43-38(46)28-20-22-42-23-21-28)44-45(36)39(30-10-4-1-5-11-30,31-12-6-2-7-13-31)32-14-8-3-9-15-32/h1-19,24-25,28,42H,20-23H2,(H,43,44,46). The molecule has 0 atom stereocenters. The second-order valence-corrected chi connectivity index (χ2v) is 12.0. The Morgan fingerprint density at radius 1 is 0.826 bits per heavy atom. The highest BCUT2D eigenvalue weighted by atomic mass is 35.5. The summed E-state index contributed by atoms with van der Waals surface area (Å²) in [5, 5.41) is 22.8. The van der Waals surface area contributed by atoms with E-state index in [0.29, 0.717) is 16.4 Å². The molecule has 0 bridgehead atoms. The molecule has 0 unspecified atom stereocenters. The van der Waals surface area contributed by atoms with Gasteiger partial charge in [0.25, 0.3) is 0 Å². The third-order valence-electron chi connectivity index (χ3n) is 8.93. The molecule has 1 aromatic heterocycles. The van der Waals surface area contributed by atoms with Crippen LogP contribution >= 0.6 is 11.6 Å². The molecule has 46 heavy (non-hydrogen) atoms. The maximum Gasteiger partial charge on any atom is 0.228 e. The molecule has 226 valence electrons. The lowest BCUT2D eigenvalue weighted by Crippen LogP contribution is -2.38. The lowest BCUT2D eigenvalue weighted by Gasteiger charge is -2.37. The van der Waals surface area contributed by atoms with Crippen LogP contribution in [-0.2, 0) is 10.3 Å². The second-order valence-electron chi connectivity index (χ2n) is 11.6. The molecule has 0 saturated carbocycles. The molecule has 1 saturated heterocycles. The fourth-order valence-electron chi connectivity index (χ4n) is 6.66. The molecule has 0 spiro atoms. The molecule has 2 heterocycles. The van der Waals surface area contributed by atoms with E-state index in [1.54, 1.807) is 18.2 Å². The van der Waals surface area contributed by atoms with Gasteiger partial charge in [-0.25, -0.2) is 4.68 Å². The topological polar surface area (TPSA) is 82.7 Å². The van der Waals surface area contributed by atoms with Gasteiger partial charge in [0, 0.05) is 21.9 Å². The molecule has 7 rings (SSSR count). The van der Waals surface area contributed by atoms with Gasteiger partial charge in [-0.2, -0.15) is 10.4 Å². The van der Waals surface area contributed by atoms with Gasteiger partial charge in [0.2, 0.25) is 5.91 Å². The van der Waals surface area contributed by atoms with E-state index >= 15 is 0 Å². The van der Waals surface area contributed by atoms with Crippen molar-refractivity contribution in [2.24, 2.45) is 5.92 Å². The van der Waals surface area contributed by atoms with Crippen molar-refractivity contribution in [2.75, 3.05) is 18.4 Å². The minimum atomic E-state index is -0.875. The second kappa shape index (κ2) is 12.6. The number of rotatable bonds is 7. The summed E-state index contributed by atoms with van der Waals surface area (Å²) in [6.07, 6.45) is 1.54. The first-order valence-corrected chi connectivity index (χ1v) is 15.9. The fraction of sp³-hybridized carbons (Fsp3) is 0.154. The van der Waals surface area contributed by atoms with Gasteiger partial charge in [0.05, 0.1) is 17.1 Å². The Morgan fingerprint density at radius 2 is 1.41 bits per heavy atom. The zero-order valence-corrected chi connectivity index (χ0v) is 25.9. The number of piperidine rings is 1. The predicted octanol–water partition coefficient (Wildman–Crippen LogP) is 8.01. The van der Waals surface area contributed by atoms with Crippen molar-refractivity contribution in [3.05, 3.63) is 155 Å². The number of carbonyl (C=O) groups excluding carboxylic acids is 1. The van der Waals surface area contributed by atoms with Crippen LogP contribution in [0.1, 0.15) is 35.1 Å². The van der Waals surface area contributed by atoms with Crippen LogP contribution < -0.4 is 10.6 Å². The van der Waals surface area contributed by atoms with E-state index in [9.17, 15) is 10.1 Å². The SMILES string of the molecule is N#Cc1ccc(Cl)c(-c2ccc3c(c2)c(NC(=O)C2CCNCC2)nn3C(c2ccccc2)(c2ccccc2)c2ccccc2)c1. The summed E-state index contributed by atoms with van der Waals surface area (Å²) in [5.74, 6) is 0.348. The van der Waals surface area contributed by atoms with Crippen LogP contribution in [-0.4, -0.2) is 28.8 Å². The summed E-state index contributed by atoms with van der Waals surface area (Å²) >= 11 is 6.68. The van der Waals surface area contributed by atoms with Gasteiger partial charge < -0.3 is 10.6 Å². The number of amides is 1. The summed E-state index contributed by atoms with van der Waals surface area (Å²) in [7, 11) is 0. The number of nitrogens with zero attached hydrogens (tertiary/aromatic N) is 3. The molecular weight excluding hydrogens is 590 g/mol. The average molecular weight is 622 g/mol. The number of nitriles is 1. The largest absolute Gasteiger partial charge is 0.317 e. The molecule has 1 amide bonds. The van der Waals surface area contributed by atoms with E-state index in [1.165, 1.54) is 0 Å². The van der Waals surface area contributed by atoms with E-state index in [0.717, 1.165) is 64.7 Å². The molecule has 0 radical (unpaired) electrons. The van der Waals surface area contributed by atoms with Crippen LogP contribution in [0.15, 0.2) is 127 Å². The Morgan fingerprint density at radius 3 is 1.98 bits per heavy atom. The maximum atomic E-state index is 13.7. The summed E-state index contributed by atoms with van der Waals surface area (Å²) in [6, 6.07) is 44.6. The lowest BCUT2D eigenvalue weighted by atomic mass is 9.77. The first kappa shape index (κ1) is 29.5. The van der Waals surface area contributed by atoms with Gasteiger partial charge in [0.1, 0.15) is 5.54 Å². The van der Waals surface area contributed by atoms with Crippen molar-refractivity contribution in [3.8, 4) is 17.2 Å². The third kappa shape index (κ3) is 5.24. The Kier molecular flexibility index (Phi) is 8.11. The van der Waals surface area contributed by atoms with E-state index in [-0.39, 0.29) is 11.8 Å². The van der Waals surface area contributed by atoms with E-state index < -0.39 is 5.54 Å². The molecule has 5 aromatic carbocycles. The Balaban J connectivity index is 1.53. The summed E-state index contributed by atoms with van der Waals surface area (Å²) in [4.78, 5) is 13.7. The fourth-order valence-corrected chi connectivity index (χ4v) is 6.88. The van der Waals surface area contributed by atoms with Crippen molar-refractivity contribution < 1.29 is 4.79 Å². The van der Waals surface area contributed by atoms with Crippen molar-refractivity contribution >= 4 is 34.2 Å². The molecule has 0 aliphatic carbocycles. The summed E-state index contributed by atoms with van der Waals surface area (Å²) in [5.41, 5.74) is 5.15. The molecule has 6 nitrogen and oxygen atoms in total. The molecule has 2 N–H and O–H groups in total. The van der Waals surface area contributed by atoms with Gasteiger partial charge in [-0.15, -0.1) is 0 Å². The summed E-state index contributed by atoms with van der Waals surface area (Å²) in [6.45, 7) is 1.62. The Bertz CT molecular complexity index is 1950. The molecular formula is C39H32ClN5O. The highest BCUT2D eigenvalue weighted by Crippen LogP contribution is 2.44. The molecule has 1 aliphatic heterocycles. The van der Waals surface area contributed by atoms with Crippen LogP contribution in [0.3, 0.4) is 0 Å². The number of hydrogen-bond acceptors (Lipinski definition) is 4. The predicted molar refractivity (Wildman–Crippen MR) is 184 cm³/mol. The van der Waals surface area contributed by atoms with Crippen molar-refractivity contribution in [3.63, 3.8) is 0 Å². The number of fused-ring (bicyclic) bond motifs is 1. The zero-order valence-electron chi connectivity index (χ0n) is 25.2. The molecule has 7 heteroatoms. The minimum Gasteiger partial charge on any atom is -0.317 e. The molecule has 6 aromatic rings. The number of halogens is 1. The van der Waals surface area contributed by atoms with Gasteiger partial charge in [-0.1, -0.05) is 109 Å². The molecule has 1 fully saturated rings. The molecule has 1 aliphatic rings. The normalized spacial score (nSPS) is 13.7. The number of hydrogen-bond donors (Lipinski definition) is 2. The van der Waals surface area contributed by atoms with Crippen LogP contribution in [0, 0.1) is 17.2 Å². The number of carbonyl (C=O) groups is 1. The first-order valence-electron chi connectivity index (χ1n) is 15.5. The smallest absolute Gasteiger partial charge is 0.228 e. The Hall–Kier alpha value is -5.22. The number of anilines is 1. The third-order valence-corrected chi connectivity index (χ3v) is 9.26. The quantitative estimate of drug-likeness (QED) is 0.177. The van der Waals surface area contributed by atoms with E-state index in [1.807, 2.05) is 72.8 Å².